The number of likely N-dealkylation sites (tertiary alicyclic amines) is 1. The Morgan fingerprint density at radius 2 is 2.14 bits per heavy atom. The van der Waals surface area contributed by atoms with Crippen LogP contribution < -0.4 is 10.6 Å². The number of hydrogen-bond donors (Lipinski definition) is 2. The molecule has 2 fully saturated rings. The number of methoxy groups -OCH3 is 1. The van der Waals surface area contributed by atoms with Crippen molar-refractivity contribution in [1.29, 1.82) is 0 Å². The highest BCUT2D eigenvalue weighted by atomic mass is 16.5. The lowest BCUT2D eigenvalue weighted by molar-refractivity contribution is -0.136. The molecule has 22 heavy (non-hydrogen) atoms. The minimum atomic E-state index is -0.327. The smallest absolute Gasteiger partial charge is 0.228 e. The number of ether oxygens (including phenoxy) is 1. The molecule has 5 heteroatoms. The van der Waals surface area contributed by atoms with Crippen molar-refractivity contribution < 1.29 is 9.53 Å². The number of nitrogens with one attached hydrogen (secondary N) is 2. The van der Waals surface area contributed by atoms with E-state index in [4.69, 9.17) is 4.74 Å². The van der Waals surface area contributed by atoms with E-state index >= 15 is 0 Å². The molecule has 2 aliphatic heterocycles. The van der Waals surface area contributed by atoms with Crippen LogP contribution in [0.5, 0.6) is 0 Å². The second-order valence-corrected chi connectivity index (χ2v) is 7.27. The van der Waals surface area contributed by atoms with E-state index in [1.54, 1.807) is 7.11 Å². The fraction of sp³-hybridized carbons (Fsp3) is 0.941. The Labute approximate surface area is 135 Å². The van der Waals surface area contributed by atoms with Crippen LogP contribution in [0.1, 0.15) is 39.5 Å². The second kappa shape index (κ2) is 8.27. The number of nitrogens with zero attached hydrogens (tertiary/aromatic N) is 1. The standard InChI is InChI=1S/C17H33N3O2/c1-14(2)20-10-4-5-15(12-20)11-19-16(21)17(13-22-3)6-8-18-9-7-17/h14-15,18H,4-13H2,1-3H3,(H,19,21). The molecule has 128 valence electrons. The lowest BCUT2D eigenvalue weighted by Gasteiger charge is -2.38. The predicted octanol–water partition coefficient (Wildman–Crippen LogP) is 1.24. The van der Waals surface area contributed by atoms with Gasteiger partial charge in [-0.1, -0.05) is 0 Å². The summed E-state index contributed by atoms with van der Waals surface area (Å²) < 4.78 is 5.35. The molecule has 2 aliphatic rings. The largest absolute Gasteiger partial charge is 0.384 e. The lowest BCUT2D eigenvalue weighted by Crippen LogP contribution is -2.52. The van der Waals surface area contributed by atoms with Crippen molar-refractivity contribution in [3.63, 3.8) is 0 Å². The number of carbonyl (C=O) groups is 1. The molecule has 2 N–H and O–H groups in total. The number of hydrogen-bond acceptors (Lipinski definition) is 4. The molecule has 0 aromatic heterocycles. The van der Waals surface area contributed by atoms with E-state index in [0.29, 0.717) is 18.6 Å². The van der Waals surface area contributed by atoms with Crippen LogP contribution in [0.3, 0.4) is 0 Å². The summed E-state index contributed by atoms with van der Waals surface area (Å²) in [5.41, 5.74) is -0.327. The maximum atomic E-state index is 12.7. The molecule has 2 rings (SSSR count). The van der Waals surface area contributed by atoms with Gasteiger partial charge in [0.05, 0.1) is 12.0 Å². The Hall–Kier alpha value is -0.650. The van der Waals surface area contributed by atoms with Crippen molar-refractivity contribution in [2.75, 3.05) is 46.4 Å². The van der Waals surface area contributed by atoms with Gasteiger partial charge in [-0.3, -0.25) is 4.79 Å². The summed E-state index contributed by atoms with van der Waals surface area (Å²) in [6, 6.07) is 0.600. The van der Waals surface area contributed by atoms with Crippen LogP contribution in [0.2, 0.25) is 0 Å². The van der Waals surface area contributed by atoms with Crippen molar-refractivity contribution in [2.24, 2.45) is 11.3 Å². The fourth-order valence-electron chi connectivity index (χ4n) is 3.78. The molecule has 1 unspecified atom stereocenters. The third-order valence-electron chi connectivity index (χ3n) is 5.29. The van der Waals surface area contributed by atoms with Crippen LogP contribution >= 0.6 is 0 Å². The van der Waals surface area contributed by atoms with Crippen LogP contribution in [0.15, 0.2) is 0 Å². The third-order valence-corrected chi connectivity index (χ3v) is 5.29. The van der Waals surface area contributed by atoms with Gasteiger partial charge in [0.1, 0.15) is 0 Å². The average molecular weight is 311 g/mol. The van der Waals surface area contributed by atoms with Crippen LogP contribution in [-0.4, -0.2) is 63.3 Å². The van der Waals surface area contributed by atoms with Gasteiger partial charge in [-0.2, -0.15) is 0 Å². The van der Waals surface area contributed by atoms with E-state index in [9.17, 15) is 4.79 Å². The predicted molar refractivity (Wildman–Crippen MR) is 88.9 cm³/mol. The molecule has 0 saturated carbocycles. The molecule has 0 aromatic rings. The summed E-state index contributed by atoms with van der Waals surface area (Å²) in [5, 5.41) is 6.57. The zero-order valence-electron chi connectivity index (χ0n) is 14.5. The second-order valence-electron chi connectivity index (χ2n) is 7.27. The van der Waals surface area contributed by atoms with E-state index in [1.165, 1.54) is 19.4 Å². The highest BCUT2D eigenvalue weighted by Gasteiger charge is 2.39. The summed E-state index contributed by atoms with van der Waals surface area (Å²) in [4.78, 5) is 15.3. The van der Waals surface area contributed by atoms with Crippen molar-refractivity contribution in [3.8, 4) is 0 Å². The molecular weight excluding hydrogens is 278 g/mol. The Kier molecular flexibility index (Phi) is 6.66. The van der Waals surface area contributed by atoms with Crippen molar-refractivity contribution in [1.82, 2.24) is 15.5 Å². The van der Waals surface area contributed by atoms with Crippen LogP contribution in [0.25, 0.3) is 0 Å². The van der Waals surface area contributed by atoms with Gasteiger partial charge in [-0.05, 0) is 65.1 Å². The van der Waals surface area contributed by atoms with E-state index in [2.05, 4.69) is 29.4 Å². The fourth-order valence-corrected chi connectivity index (χ4v) is 3.78. The first-order chi connectivity index (χ1) is 10.6. The number of piperidine rings is 2. The Morgan fingerprint density at radius 3 is 2.77 bits per heavy atom. The number of carbonyl (C=O) groups excluding carboxylic acids is 1. The average Bonchev–Trinajstić information content (AvgIpc) is 2.54. The quantitative estimate of drug-likeness (QED) is 0.775. The highest BCUT2D eigenvalue weighted by Crippen LogP contribution is 2.29. The summed E-state index contributed by atoms with van der Waals surface area (Å²) in [6.45, 7) is 9.96. The van der Waals surface area contributed by atoms with Gasteiger partial charge in [0.2, 0.25) is 5.91 Å². The first-order valence-electron chi connectivity index (χ1n) is 8.79. The van der Waals surface area contributed by atoms with Gasteiger partial charge >= 0.3 is 0 Å². The van der Waals surface area contributed by atoms with Gasteiger partial charge in [-0.15, -0.1) is 0 Å². The number of amides is 1. The molecule has 1 amide bonds. The SMILES string of the molecule is COCC1(C(=O)NCC2CCCN(C(C)C)C2)CCNCC1. The topological polar surface area (TPSA) is 53.6 Å². The summed E-state index contributed by atoms with van der Waals surface area (Å²) in [6.07, 6.45) is 4.21. The van der Waals surface area contributed by atoms with Crippen molar-refractivity contribution in [3.05, 3.63) is 0 Å². The third kappa shape index (κ3) is 4.43. The van der Waals surface area contributed by atoms with Gasteiger partial charge < -0.3 is 20.3 Å². The summed E-state index contributed by atoms with van der Waals surface area (Å²) in [7, 11) is 1.69. The minimum Gasteiger partial charge on any atom is -0.384 e. The van der Waals surface area contributed by atoms with Gasteiger partial charge in [0, 0.05) is 26.2 Å². The van der Waals surface area contributed by atoms with Crippen LogP contribution in [0, 0.1) is 11.3 Å². The maximum absolute atomic E-state index is 12.7. The van der Waals surface area contributed by atoms with E-state index in [1.807, 2.05) is 0 Å². The van der Waals surface area contributed by atoms with Gasteiger partial charge in [0.15, 0.2) is 0 Å². The van der Waals surface area contributed by atoms with E-state index in [0.717, 1.165) is 39.0 Å². The molecule has 5 nitrogen and oxygen atoms in total. The first kappa shape index (κ1) is 17.7. The van der Waals surface area contributed by atoms with Crippen molar-refractivity contribution >= 4 is 5.91 Å². The molecule has 1 atom stereocenters. The number of rotatable bonds is 6. The first-order valence-corrected chi connectivity index (χ1v) is 8.79. The van der Waals surface area contributed by atoms with E-state index < -0.39 is 0 Å². The molecule has 0 aromatic carbocycles. The zero-order chi connectivity index (χ0) is 16.0. The Balaban J connectivity index is 1.85. The summed E-state index contributed by atoms with van der Waals surface area (Å²) >= 11 is 0. The highest BCUT2D eigenvalue weighted by molar-refractivity contribution is 5.83. The Morgan fingerprint density at radius 1 is 1.41 bits per heavy atom. The molecule has 2 saturated heterocycles. The zero-order valence-corrected chi connectivity index (χ0v) is 14.5. The van der Waals surface area contributed by atoms with Gasteiger partial charge in [-0.25, -0.2) is 0 Å². The molecule has 0 aliphatic carbocycles. The molecule has 2 heterocycles. The molecular formula is C17H33N3O2. The normalized spacial score (nSPS) is 26.1. The monoisotopic (exact) mass is 311 g/mol. The minimum absolute atomic E-state index is 0.192. The molecule has 0 bridgehead atoms. The maximum Gasteiger partial charge on any atom is 0.228 e. The lowest BCUT2D eigenvalue weighted by atomic mass is 9.78. The summed E-state index contributed by atoms with van der Waals surface area (Å²) in [5.74, 6) is 0.777. The molecule has 0 radical (unpaired) electrons. The van der Waals surface area contributed by atoms with Crippen LogP contribution in [0.4, 0.5) is 0 Å². The van der Waals surface area contributed by atoms with Gasteiger partial charge in [0.25, 0.3) is 0 Å². The van der Waals surface area contributed by atoms with Crippen LogP contribution in [-0.2, 0) is 9.53 Å². The Bertz CT molecular complexity index is 348. The van der Waals surface area contributed by atoms with E-state index in [-0.39, 0.29) is 11.3 Å². The molecule has 0 spiro atoms. The van der Waals surface area contributed by atoms with Crippen molar-refractivity contribution in [2.45, 2.75) is 45.6 Å².